The topological polar surface area (TPSA) is 97.3 Å². The Balaban J connectivity index is 1.96. The molecule has 0 unspecified atom stereocenters. The molecule has 1 aromatic heterocycles. The molecule has 1 aromatic carbocycles. The molecule has 0 aliphatic rings. The first-order valence-corrected chi connectivity index (χ1v) is 9.34. The second-order valence-electron chi connectivity index (χ2n) is 5.83. The highest BCUT2D eigenvalue weighted by atomic mass is 32.2. The number of hydrogen-bond acceptors (Lipinski definition) is 4. The van der Waals surface area contributed by atoms with Gasteiger partial charge in [0.2, 0.25) is 15.9 Å². The smallest absolute Gasteiger partial charge is 0.250 e. The third kappa shape index (κ3) is 5.54. The average molecular weight is 363 g/mol. The van der Waals surface area contributed by atoms with E-state index in [0.717, 1.165) is 0 Å². The van der Waals surface area contributed by atoms with Gasteiger partial charge >= 0.3 is 0 Å². The second kappa shape index (κ2) is 8.09. The van der Waals surface area contributed by atoms with E-state index < -0.39 is 10.0 Å². The second-order valence-corrected chi connectivity index (χ2v) is 7.54. The van der Waals surface area contributed by atoms with Gasteiger partial charge in [0.05, 0.1) is 4.90 Å². The van der Waals surface area contributed by atoms with E-state index in [1.54, 1.807) is 32.2 Å². The summed E-state index contributed by atoms with van der Waals surface area (Å²) in [5.74, 6) is -0.258. The quantitative estimate of drug-likeness (QED) is 0.780. The Labute approximate surface area is 146 Å². The largest absolute Gasteiger partial charge is 0.326 e. The van der Waals surface area contributed by atoms with Crippen LogP contribution in [-0.4, -0.2) is 24.9 Å². The fraction of sp³-hybridized carbons (Fsp3) is 0.294. The van der Waals surface area contributed by atoms with E-state index in [2.05, 4.69) is 10.0 Å². The van der Waals surface area contributed by atoms with Crippen molar-refractivity contribution in [1.82, 2.24) is 9.29 Å². The number of anilines is 1. The number of pyridine rings is 1. The van der Waals surface area contributed by atoms with Crippen LogP contribution in [0.5, 0.6) is 0 Å². The van der Waals surface area contributed by atoms with Gasteiger partial charge in [-0.2, -0.15) is 0 Å². The van der Waals surface area contributed by atoms with E-state index in [4.69, 9.17) is 0 Å². The molecule has 0 saturated carbocycles. The van der Waals surface area contributed by atoms with Crippen molar-refractivity contribution in [3.63, 3.8) is 0 Å². The molecule has 0 atom stereocenters. The third-order valence-corrected chi connectivity index (χ3v) is 4.99. The fourth-order valence-corrected chi connectivity index (χ4v) is 3.44. The van der Waals surface area contributed by atoms with E-state index in [1.807, 2.05) is 0 Å². The lowest BCUT2D eigenvalue weighted by Crippen LogP contribution is -2.30. The monoisotopic (exact) mass is 363 g/mol. The van der Waals surface area contributed by atoms with Gasteiger partial charge in [-0.3, -0.25) is 9.59 Å². The number of aromatic nitrogens is 1. The van der Waals surface area contributed by atoms with Crippen LogP contribution in [0.25, 0.3) is 0 Å². The van der Waals surface area contributed by atoms with Crippen LogP contribution in [-0.2, 0) is 21.4 Å². The molecule has 0 fully saturated rings. The van der Waals surface area contributed by atoms with Crippen molar-refractivity contribution in [1.29, 1.82) is 0 Å². The maximum atomic E-state index is 12.0. The maximum absolute atomic E-state index is 12.0. The van der Waals surface area contributed by atoms with Gasteiger partial charge in [0.15, 0.2) is 0 Å². The fourth-order valence-electron chi connectivity index (χ4n) is 2.19. The first-order chi connectivity index (χ1) is 11.8. The molecule has 2 rings (SSSR count). The van der Waals surface area contributed by atoms with Crippen molar-refractivity contribution < 1.29 is 13.2 Å². The Morgan fingerprint density at radius 2 is 1.80 bits per heavy atom. The minimum atomic E-state index is -3.56. The molecule has 0 bridgehead atoms. The van der Waals surface area contributed by atoms with Crippen LogP contribution >= 0.6 is 0 Å². The summed E-state index contributed by atoms with van der Waals surface area (Å²) in [6.07, 6.45) is 1.76. The van der Waals surface area contributed by atoms with Gasteiger partial charge in [-0.1, -0.05) is 6.07 Å². The number of rotatable bonds is 7. The summed E-state index contributed by atoms with van der Waals surface area (Å²) in [4.78, 5) is 23.7. The van der Waals surface area contributed by atoms with Crippen molar-refractivity contribution in [2.24, 2.45) is 0 Å². The van der Waals surface area contributed by atoms with Crippen LogP contribution in [0, 0.1) is 0 Å². The van der Waals surface area contributed by atoms with Crippen LogP contribution in [0.4, 0.5) is 5.69 Å². The molecule has 1 heterocycles. The van der Waals surface area contributed by atoms with Crippen LogP contribution in [0.15, 0.2) is 58.4 Å². The summed E-state index contributed by atoms with van der Waals surface area (Å²) in [6.45, 7) is 3.75. The molecule has 25 heavy (non-hydrogen) atoms. The summed E-state index contributed by atoms with van der Waals surface area (Å²) in [5, 5.41) is 2.68. The van der Waals surface area contributed by atoms with Gasteiger partial charge in [-0.25, -0.2) is 13.1 Å². The van der Waals surface area contributed by atoms with Crippen molar-refractivity contribution in [3.05, 3.63) is 59.0 Å². The number of hydrogen-bond donors (Lipinski definition) is 2. The molecule has 7 nitrogen and oxygen atoms in total. The molecule has 134 valence electrons. The summed E-state index contributed by atoms with van der Waals surface area (Å²) in [6, 6.07) is 10.5. The first kappa shape index (κ1) is 18.9. The van der Waals surface area contributed by atoms with E-state index in [9.17, 15) is 18.0 Å². The number of aryl methyl sites for hydroxylation is 1. The molecular weight excluding hydrogens is 342 g/mol. The standard InChI is InChI=1S/C17H21N3O4S/c1-13(2)19-25(23,24)15-8-6-14(7-9-15)18-16(21)10-12-20-11-4-3-5-17(20)22/h3-9,11,13,19H,10,12H2,1-2H3,(H,18,21). The Hall–Kier alpha value is -2.45. The Kier molecular flexibility index (Phi) is 6.11. The molecule has 1 amide bonds. The van der Waals surface area contributed by atoms with Gasteiger partial charge < -0.3 is 9.88 Å². The van der Waals surface area contributed by atoms with Gasteiger partial charge in [-0.05, 0) is 44.2 Å². The molecule has 2 aromatic rings. The van der Waals surface area contributed by atoms with Crippen LogP contribution < -0.4 is 15.6 Å². The highest BCUT2D eigenvalue weighted by Gasteiger charge is 2.15. The SMILES string of the molecule is CC(C)NS(=O)(=O)c1ccc(NC(=O)CCn2ccccc2=O)cc1. The zero-order valence-corrected chi connectivity index (χ0v) is 14.9. The highest BCUT2D eigenvalue weighted by Crippen LogP contribution is 2.14. The molecule has 2 N–H and O–H groups in total. The van der Waals surface area contributed by atoms with Crippen molar-refractivity contribution in [3.8, 4) is 0 Å². The molecule has 0 aliphatic carbocycles. The molecule has 8 heteroatoms. The lowest BCUT2D eigenvalue weighted by Gasteiger charge is -2.10. The first-order valence-electron chi connectivity index (χ1n) is 7.85. The molecular formula is C17H21N3O4S. The summed E-state index contributed by atoms with van der Waals surface area (Å²) < 4.78 is 28.0. The number of carbonyl (C=O) groups is 1. The predicted octanol–water partition coefficient (Wildman–Crippen LogP) is 1.56. The number of carbonyl (C=O) groups excluding carboxylic acids is 1. The van der Waals surface area contributed by atoms with Gasteiger partial charge in [-0.15, -0.1) is 0 Å². The molecule has 0 radical (unpaired) electrons. The lowest BCUT2D eigenvalue weighted by atomic mass is 10.3. The normalized spacial score (nSPS) is 11.5. The maximum Gasteiger partial charge on any atom is 0.250 e. The molecule has 0 saturated heterocycles. The molecule has 0 aliphatic heterocycles. The van der Waals surface area contributed by atoms with E-state index in [0.29, 0.717) is 5.69 Å². The molecule has 0 spiro atoms. The Morgan fingerprint density at radius 3 is 2.40 bits per heavy atom. The lowest BCUT2D eigenvalue weighted by molar-refractivity contribution is -0.116. The zero-order chi connectivity index (χ0) is 18.4. The van der Waals surface area contributed by atoms with Gasteiger partial charge in [0.25, 0.3) is 5.56 Å². The Bertz CT molecular complexity index is 887. The Morgan fingerprint density at radius 1 is 1.12 bits per heavy atom. The zero-order valence-electron chi connectivity index (χ0n) is 14.1. The average Bonchev–Trinajstić information content (AvgIpc) is 2.53. The summed E-state index contributed by atoms with van der Waals surface area (Å²) in [7, 11) is -3.56. The van der Waals surface area contributed by atoms with Crippen molar-refractivity contribution in [2.75, 3.05) is 5.32 Å². The van der Waals surface area contributed by atoms with E-state index >= 15 is 0 Å². The van der Waals surface area contributed by atoms with Gasteiger partial charge in [0, 0.05) is 37.0 Å². The number of sulfonamides is 1. The van der Waals surface area contributed by atoms with Crippen LogP contribution in [0.2, 0.25) is 0 Å². The predicted molar refractivity (Wildman–Crippen MR) is 95.8 cm³/mol. The highest BCUT2D eigenvalue weighted by molar-refractivity contribution is 7.89. The number of nitrogens with one attached hydrogen (secondary N) is 2. The minimum absolute atomic E-state index is 0.134. The van der Waals surface area contributed by atoms with E-state index in [1.165, 1.54) is 34.9 Å². The third-order valence-electron chi connectivity index (χ3n) is 3.32. The number of nitrogens with zero attached hydrogens (tertiary/aromatic N) is 1. The minimum Gasteiger partial charge on any atom is -0.326 e. The van der Waals surface area contributed by atoms with Crippen LogP contribution in [0.3, 0.4) is 0 Å². The number of amides is 1. The number of benzene rings is 1. The van der Waals surface area contributed by atoms with Crippen LogP contribution in [0.1, 0.15) is 20.3 Å². The summed E-state index contributed by atoms with van der Waals surface area (Å²) in [5.41, 5.74) is 0.330. The van der Waals surface area contributed by atoms with Gasteiger partial charge in [0.1, 0.15) is 0 Å². The van der Waals surface area contributed by atoms with E-state index in [-0.39, 0.29) is 35.4 Å². The van der Waals surface area contributed by atoms with Crippen molar-refractivity contribution >= 4 is 21.6 Å². The summed E-state index contributed by atoms with van der Waals surface area (Å²) >= 11 is 0. The van der Waals surface area contributed by atoms with Crippen molar-refractivity contribution in [2.45, 2.75) is 37.8 Å².